The molecular weight excluding hydrogens is 905 g/mol. The molecule has 1 aromatic heterocycles. The number of nitrogens with zero attached hydrogens (tertiary/aromatic N) is 4. The van der Waals surface area contributed by atoms with Gasteiger partial charge in [0, 0.05) is 86.3 Å². The zero-order chi connectivity index (χ0) is 48.2. The molecule has 6 amide bonds. The number of fused-ring (bicyclic) bond motifs is 2. The standard InChI is InChI=1S/C52H59ClFN7O8/c1-31(32-5-7-33(8-6-32)38-15-20-55-42-12-9-35(54)29-40(38)42)48(63)57-36-10-11-41(53)45(30-36)69-37-18-24-60(25-19-37)50(65)34-16-22-59(23-17-34)26-28-68-27-21-56-43-4-2-3-39-47(43)52(67)61(51(39)66)44-13-14-46(62)58-49(44)64/h2-4,9-12,15,20,29-34,37,44,56H,5-8,13-14,16-19,21-28H2,1H3,(H,57,63)(H,58,62,64)/t31-,32-,33+,44?/m1/s1. The van der Waals surface area contributed by atoms with Gasteiger partial charge in [0.05, 0.1) is 34.9 Å². The van der Waals surface area contributed by atoms with E-state index < -0.39 is 29.7 Å². The third-order valence-corrected chi connectivity index (χ3v) is 15.1. The lowest BCUT2D eigenvalue weighted by Gasteiger charge is -2.37. The van der Waals surface area contributed by atoms with Crippen molar-refractivity contribution in [2.75, 3.05) is 63.1 Å². The van der Waals surface area contributed by atoms with E-state index in [9.17, 15) is 33.2 Å². The molecule has 15 nitrogen and oxygen atoms in total. The third-order valence-electron chi connectivity index (χ3n) is 14.8. The van der Waals surface area contributed by atoms with Crippen LogP contribution in [0, 0.1) is 23.6 Å². The van der Waals surface area contributed by atoms with Gasteiger partial charge in [0.15, 0.2) is 0 Å². The van der Waals surface area contributed by atoms with Crippen molar-refractivity contribution in [3.05, 3.63) is 94.4 Å². The maximum Gasteiger partial charge on any atom is 0.264 e. The molecule has 1 aliphatic carbocycles. The van der Waals surface area contributed by atoms with Crippen LogP contribution in [0.2, 0.25) is 5.02 Å². The molecule has 2 atom stereocenters. The molecule has 17 heteroatoms. The van der Waals surface area contributed by atoms with Crippen LogP contribution in [0.15, 0.2) is 66.9 Å². The minimum atomic E-state index is -1.02. The highest BCUT2D eigenvalue weighted by atomic mass is 35.5. The highest BCUT2D eigenvalue weighted by molar-refractivity contribution is 6.32. The fourth-order valence-electron chi connectivity index (χ4n) is 10.8. The van der Waals surface area contributed by atoms with Gasteiger partial charge in [-0.2, -0.15) is 0 Å². The molecular formula is C52H59ClFN7O8. The van der Waals surface area contributed by atoms with Crippen LogP contribution in [0.25, 0.3) is 10.9 Å². The molecule has 0 bridgehead atoms. The molecule has 69 heavy (non-hydrogen) atoms. The van der Waals surface area contributed by atoms with Crippen LogP contribution < -0.4 is 20.7 Å². The van der Waals surface area contributed by atoms with Crippen LogP contribution in [0.1, 0.15) is 103 Å². The monoisotopic (exact) mass is 963 g/mol. The zero-order valence-electron chi connectivity index (χ0n) is 38.9. The van der Waals surface area contributed by atoms with Gasteiger partial charge in [-0.1, -0.05) is 24.6 Å². The molecule has 0 spiro atoms. The fourth-order valence-corrected chi connectivity index (χ4v) is 11.0. The summed E-state index contributed by atoms with van der Waals surface area (Å²) in [5, 5.41) is 9.84. The molecule has 4 fully saturated rings. The predicted octanol–water partition coefficient (Wildman–Crippen LogP) is 7.19. The van der Waals surface area contributed by atoms with Crippen molar-refractivity contribution < 1.29 is 42.6 Å². The number of carbonyl (C=O) groups excluding carboxylic acids is 6. The van der Waals surface area contributed by atoms with Crippen molar-refractivity contribution in [2.24, 2.45) is 17.8 Å². The van der Waals surface area contributed by atoms with Gasteiger partial charge in [-0.15, -0.1) is 0 Å². The molecule has 3 saturated heterocycles. The Kier molecular flexibility index (Phi) is 14.9. The minimum absolute atomic E-state index is 0.0307. The SMILES string of the molecule is C[C@@H](C(=O)Nc1ccc(Cl)c(OC2CCN(C(=O)C3CCN(CCOCCNc4cccc5c4C(=O)N(C4CCC(=O)NC4=O)C5=O)CC3)CC2)c1)[C@H]1CC[C@@H](c2ccnc3ccc(F)cc32)CC1. The van der Waals surface area contributed by atoms with Gasteiger partial charge in [0.1, 0.15) is 23.7 Å². The maximum atomic E-state index is 14.1. The summed E-state index contributed by atoms with van der Waals surface area (Å²) < 4.78 is 26.4. The molecule has 5 heterocycles. The van der Waals surface area contributed by atoms with Crippen molar-refractivity contribution in [3.8, 4) is 5.75 Å². The zero-order valence-corrected chi connectivity index (χ0v) is 39.6. The van der Waals surface area contributed by atoms with Crippen LogP contribution >= 0.6 is 11.6 Å². The highest BCUT2D eigenvalue weighted by Gasteiger charge is 2.45. The summed E-state index contributed by atoms with van der Waals surface area (Å²) in [6, 6.07) is 16.0. The Morgan fingerprint density at radius 1 is 0.884 bits per heavy atom. The number of aromatic nitrogens is 1. The lowest BCUT2D eigenvalue weighted by Crippen LogP contribution is -2.54. The van der Waals surface area contributed by atoms with E-state index in [4.69, 9.17) is 21.1 Å². The van der Waals surface area contributed by atoms with Crippen LogP contribution in [0.3, 0.4) is 0 Å². The van der Waals surface area contributed by atoms with Crippen LogP contribution in [0.4, 0.5) is 15.8 Å². The summed E-state index contributed by atoms with van der Waals surface area (Å²) in [6.07, 6.45) is 8.39. The van der Waals surface area contributed by atoms with E-state index in [1.54, 1.807) is 54.7 Å². The molecule has 9 rings (SSSR count). The van der Waals surface area contributed by atoms with Gasteiger partial charge >= 0.3 is 0 Å². The normalized spacial score (nSPS) is 22.1. The molecule has 5 aliphatic rings. The first-order valence-electron chi connectivity index (χ1n) is 24.4. The largest absolute Gasteiger partial charge is 0.489 e. The topological polar surface area (TPSA) is 180 Å². The first kappa shape index (κ1) is 48.1. The second-order valence-corrected chi connectivity index (χ2v) is 19.5. The second-order valence-electron chi connectivity index (χ2n) is 19.1. The Balaban J connectivity index is 0.659. The second kappa shape index (κ2) is 21.3. The summed E-state index contributed by atoms with van der Waals surface area (Å²) in [4.78, 5) is 87.3. The molecule has 4 aliphatic heterocycles. The van der Waals surface area contributed by atoms with Crippen LogP contribution in [0.5, 0.6) is 5.75 Å². The van der Waals surface area contributed by atoms with Gasteiger partial charge in [-0.25, -0.2) is 4.39 Å². The number of hydrogen-bond acceptors (Lipinski definition) is 11. The van der Waals surface area contributed by atoms with Gasteiger partial charge in [0.25, 0.3) is 11.8 Å². The first-order chi connectivity index (χ1) is 33.4. The summed E-state index contributed by atoms with van der Waals surface area (Å²) in [6.45, 7) is 6.77. The number of carbonyl (C=O) groups is 6. The van der Waals surface area contributed by atoms with Crippen molar-refractivity contribution in [1.29, 1.82) is 0 Å². The van der Waals surface area contributed by atoms with Crippen LogP contribution in [-0.2, 0) is 23.9 Å². The molecule has 1 unspecified atom stereocenters. The van der Waals surface area contributed by atoms with E-state index in [-0.39, 0.29) is 65.5 Å². The van der Waals surface area contributed by atoms with Crippen molar-refractivity contribution in [1.82, 2.24) is 25.0 Å². The molecule has 1 saturated carbocycles. The smallest absolute Gasteiger partial charge is 0.264 e. The quantitative estimate of drug-likeness (QED) is 0.0812. The Labute approximate surface area is 405 Å². The Morgan fingerprint density at radius 3 is 2.43 bits per heavy atom. The van der Waals surface area contributed by atoms with E-state index in [0.717, 1.165) is 79.5 Å². The van der Waals surface area contributed by atoms with Gasteiger partial charge in [-0.05, 0) is 124 Å². The minimum Gasteiger partial charge on any atom is -0.489 e. The summed E-state index contributed by atoms with van der Waals surface area (Å²) in [5.41, 5.74) is 3.47. The summed E-state index contributed by atoms with van der Waals surface area (Å²) in [5.74, 6) is -1.48. The number of ether oxygens (including phenoxy) is 2. The Bertz CT molecular complexity index is 2610. The first-order valence-corrected chi connectivity index (χ1v) is 24.8. The number of imide groups is 2. The number of hydrogen-bond donors (Lipinski definition) is 3. The average molecular weight is 965 g/mol. The molecule has 3 N–H and O–H groups in total. The van der Waals surface area contributed by atoms with E-state index in [2.05, 4.69) is 25.8 Å². The van der Waals surface area contributed by atoms with Crippen molar-refractivity contribution in [3.63, 3.8) is 0 Å². The van der Waals surface area contributed by atoms with Gasteiger partial charge in [-0.3, -0.25) is 44.0 Å². The maximum absolute atomic E-state index is 14.1. The number of likely N-dealkylation sites (tertiary alicyclic amines) is 2. The number of halogens is 2. The van der Waals surface area contributed by atoms with E-state index in [1.807, 2.05) is 17.9 Å². The lowest BCUT2D eigenvalue weighted by atomic mass is 9.73. The van der Waals surface area contributed by atoms with Crippen LogP contribution in [-0.4, -0.2) is 120 Å². The summed E-state index contributed by atoms with van der Waals surface area (Å²) >= 11 is 6.59. The number of rotatable bonds is 15. The highest BCUT2D eigenvalue weighted by Crippen LogP contribution is 2.41. The average Bonchev–Trinajstić information content (AvgIpc) is 3.61. The van der Waals surface area contributed by atoms with Gasteiger partial charge < -0.3 is 29.9 Å². The molecule has 4 aromatic rings. The number of amides is 6. The number of piperidine rings is 3. The Hall–Kier alpha value is -5.97. The molecule has 0 radical (unpaired) electrons. The van der Waals surface area contributed by atoms with Gasteiger partial charge in [0.2, 0.25) is 23.6 Å². The molecule has 3 aromatic carbocycles. The number of benzene rings is 3. The Morgan fingerprint density at radius 2 is 1.67 bits per heavy atom. The van der Waals surface area contributed by atoms with Crippen molar-refractivity contribution >= 4 is 69.3 Å². The van der Waals surface area contributed by atoms with E-state index in [1.165, 1.54) is 6.07 Å². The van der Waals surface area contributed by atoms with E-state index in [0.29, 0.717) is 73.8 Å². The summed E-state index contributed by atoms with van der Waals surface area (Å²) in [7, 11) is 0. The molecule has 364 valence electrons. The predicted molar refractivity (Wildman–Crippen MR) is 257 cm³/mol. The number of nitrogens with one attached hydrogen (secondary N) is 3. The lowest BCUT2D eigenvalue weighted by molar-refractivity contribution is -0.139. The van der Waals surface area contributed by atoms with E-state index >= 15 is 0 Å². The number of pyridine rings is 1. The van der Waals surface area contributed by atoms with Crippen molar-refractivity contribution in [2.45, 2.75) is 89.2 Å². The fraction of sp³-hybridized carbons (Fsp3) is 0.481. The third kappa shape index (κ3) is 10.8. The number of anilines is 2.